The number of pyridine rings is 2. The third kappa shape index (κ3) is 4.61. The highest BCUT2D eigenvalue weighted by molar-refractivity contribution is 5.92. The van der Waals surface area contributed by atoms with E-state index in [1.54, 1.807) is 36.4 Å². The molecule has 4 aromatic rings. The van der Waals surface area contributed by atoms with Gasteiger partial charge in [0.2, 0.25) is 0 Å². The quantitative estimate of drug-likeness (QED) is 0.428. The van der Waals surface area contributed by atoms with Crippen molar-refractivity contribution >= 4 is 28.3 Å². The third-order valence-corrected chi connectivity index (χ3v) is 4.57. The lowest BCUT2D eigenvalue weighted by atomic mass is 10.2. The monoisotopic (exact) mass is 438 g/mol. The van der Waals surface area contributed by atoms with Gasteiger partial charge in [-0.05, 0) is 48.5 Å². The smallest absolute Gasteiger partial charge is 0.416 e. The van der Waals surface area contributed by atoms with Crippen molar-refractivity contribution in [2.24, 2.45) is 0 Å². The Bertz CT molecular complexity index is 1290. The molecule has 2 aromatic carbocycles. The van der Waals surface area contributed by atoms with Gasteiger partial charge in [0.1, 0.15) is 23.0 Å². The van der Waals surface area contributed by atoms with Crippen LogP contribution in [0.5, 0.6) is 11.5 Å². The van der Waals surface area contributed by atoms with Gasteiger partial charge in [0.05, 0.1) is 11.1 Å². The van der Waals surface area contributed by atoms with Crippen molar-refractivity contribution in [3.8, 4) is 11.5 Å². The van der Waals surface area contributed by atoms with Gasteiger partial charge in [-0.25, -0.2) is 4.98 Å². The fourth-order valence-electron chi connectivity index (χ4n) is 3.06. The van der Waals surface area contributed by atoms with Crippen LogP contribution in [0.3, 0.4) is 0 Å². The summed E-state index contributed by atoms with van der Waals surface area (Å²) in [5.74, 6) is 0.993. The van der Waals surface area contributed by atoms with E-state index in [0.29, 0.717) is 28.2 Å². The van der Waals surface area contributed by atoms with Gasteiger partial charge in [0.25, 0.3) is 5.91 Å². The molecule has 0 saturated heterocycles. The average Bonchev–Trinajstić information content (AvgIpc) is 2.78. The Balaban J connectivity index is 1.60. The molecule has 9 heteroatoms. The number of ether oxygens (including phenoxy) is 1. The number of nitrogens with zero attached hydrogens (tertiary/aromatic N) is 2. The van der Waals surface area contributed by atoms with Crippen LogP contribution in [-0.2, 0) is 6.18 Å². The molecule has 2 heterocycles. The predicted molar refractivity (Wildman–Crippen MR) is 114 cm³/mol. The molecule has 0 unspecified atom stereocenters. The van der Waals surface area contributed by atoms with Crippen molar-refractivity contribution in [3.05, 3.63) is 84.2 Å². The minimum absolute atomic E-state index is 0.218. The molecule has 0 bridgehead atoms. The molecule has 2 N–H and O–H groups in total. The SMILES string of the molecule is CNC(=O)c1cc(Oc2cccc3nc(Nc4cccc(C(F)(F)F)c4)ccc23)ccn1. The van der Waals surface area contributed by atoms with Crippen LogP contribution in [0.2, 0.25) is 0 Å². The standard InChI is InChI=1S/C23H17F3N4O2/c1-27-22(31)19-13-16(10-11-28-19)32-20-7-3-6-18-17(20)8-9-21(30-18)29-15-5-2-4-14(12-15)23(24,25)26/h2-13H,1H3,(H,27,31)(H,29,30). The summed E-state index contributed by atoms with van der Waals surface area (Å²) < 4.78 is 44.8. The zero-order valence-corrected chi connectivity index (χ0v) is 16.8. The van der Waals surface area contributed by atoms with Crippen LogP contribution in [-0.4, -0.2) is 22.9 Å². The number of rotatable bonds is 5. The van der Waals surface area contributed by atoms with Gasteiger partial charge >= 0.3 is 6.18 Å². The maximum Gasteiger partial charge on any atom is 0.416 e. The van der Waals surface area contributed by atoms with Crippen LogP contribution in [0.1, 0.15) is 16.1 Å². The first-order chi connectivity index (χ1) is 15.3. The molecule has 162 valence electrons. The largest absolute Gasteiger partial charge is 0.457 e. The molecule has 2 aromatic heterocycles. The first kappa shape index (κ1) is 21.1. The number of alkyl halides is 3. The molecule has 0 radical (unpaired) electrons. The summed E-state index contributed by atoms with van der Waals surface area (Å²) in [5, 5.41) is 6.10. The molecule has 32 heavy (non-hydrogen) atoms. The molecule has 0 fully saturated rings. The molecule has 0 saturated carbocycles. The Morgan fingerprint density at radius 2 is 1.81 bits per heavy atom. The highest BCUT2D eigenvalue weighted by Crippen LogP contribution is 2.33. The van der Waals surface area contributed by atoms with E-state index < -0.39 is 11.7 Å². The van der Waals surface area contributed by atoms with E-state index in [-0.39, 0.29) is 17.3 Å². The molecule has 0 aliphatic rings. The van der Waals surface area contributed by atoms with Crippen LogP contribution in [0.4, 0.5) is 24.7 Å². The number of benzene rings is 2. The number of anilines is 2. The first-order valence-electron chi connectivity index (χ1n) is 9.53. The summed E-state index contributed by atoms with van der Waals surface area (Å²) in [4.78, 5) is 20.3. The topological polar surface area (TPSA) is 76.1 Å². The summed E-state index contributed by atoms with van der Waals surface area (Å²) in [6.07, 6.45) is -2.95. The fourth-order valence-corrected chi connectivity index (χ4v) is 3.06. The van der Waals surface area contributed by atoms with Gasteiger partial charge in [0.15, 0.2) is 0 Å². The van der Waals surface area contributed by atoms with E-state index in [4.69, 9.17) is 4.74 Å². The average molecular weight is 438 g/mol. The van der Waals surface area contributed by atoms with Crippen molar-refractivity contribution in [3.63, 3.8) is 0 Å². The number of hydrogen-bond donors (Lipinski definition) is 2. The Morgan fingerprint density at radius 1 is 1.00 bits per heavy atom. The minimum atomic E-state index is -4.43. The van der Waals surface area contributed by atoms with Gasteiger partial charge in [-0.3, -0.25) is 9.78 Å². The fraction of sp³-hybridized carbons (Fsp3) is 0.0870. The molecule has 0 atom stereocenters. The van der Waals surface area contributed by atoms with Crippen LogP contribution in [0, 0.1) is 0 Å². The number of hydrogen-bond acceptors (Lipinski definition) is 5. The van der Waals surface area contributed by atoms with Gasteiger partial charge in [-0.15, -0.1) is 0 Å². The lowest BCUT2D eigenvalue weighted by Gasteiger charge is -2.12. The highest BCUT2D eigenvalue weighted by atomic mass is 19.4. The number of aromatic nitrogens is 2. The van der Waals surface area contributed by atoms with Crippen molar-refractivity contribution in [1.29, 1.82) is 0 Å². The van der Waals surface area contributed by atoms with Crippen LogP contribution in [0.25, 0.3) is 10.9 Å². The molecule has 4 rings (SSSR count). The summed E-state index contributed by atoms with van der Waals surface area (Å²) in [6.45, 7) is 0. The molecular formula is C23H17F3N4O2. The maximum atomic E-state index is 12.9. The lowest BCUT2D eigenvalue weighted by Crippen LogP contribution is -2.18. The van der Waals surface area contributed by atoms with Gasteiger partial charge in [0, 0.05) is 30.4 Å². The molecule has 0 aliphatic carbocycles. The Morgan fingerprint density at radius 3 is 2.59 bits per heavy atom. The number of amides is 1. The van der Waals surface area contributed by atoms with Crippen molar-refractivity contribution in [1.82, 2.24) is 15.3 Å². The lowest BCUT2D eigenvalue weighted by molar-refractivity contribution is -0.137. The van der Waals surface area contributed by atoms with E-state index in [0.717, 1.165) is 12.1 Å². The van der Waals surface area contributed by atoms with Crippen molar-refractivity contribution in [2.75, 3.05) is 12.4 Å². The zero-order chi connectivity index (χ0) is 22.7. The van der Waals surface area contributed by atoms with E-state index in [1.165, 1.54) is 31.4 Å². The van der Waals surface area contributed by atoms with Crippen LogP contribution >= 0.6 is 0 Å². The Hall–Kier alpha value is -4.14. The maximum absolute atomic E-state index is 12.9. The third-order valence-electron chi connectivity index (χ3n) is 4.57. The molecule has 0 spiro atoms. The van der Waals surface area contributed by atoms with Gasteiger partial charge < -0.3 is 15.4 Å². The molecule has 6 nitrogen and oxygen atoms in total. The number of carbonyl (C=O) groups excluding carboxylic acids is 1. The summed E-state index contributed by atoms with van der Waals surface area (Å²) in [6, 6.07) is 16.7. The van der Waals surface area contributed by atoms with Crippen molar-refractivity contribution < 1.29 is 22.7 Å². The second-order valence-electron chi connectivity index (χ2n) is 6.78. The summed E-state index contributed by atoms with van der Waals surface area (Å²) in [5.41, 5.74) is 0.334. The van der Waals surface area contributed by atoms with Crippen LogP contribution < -0.4 is 15.4 Å². The van der Waals surface area contributed by atoms with E-state index in [2.05, 4.69) is 20.6 Å². The van der Waals surface area contributed by atoms with Gasteiger partial charge in [-0.1, -0.05) is 12.1 Å². The second-order valence-corrected chi connectivity index (χ2v) is 6.78. The zero-order valence-electron chi connectivity index (χ0n) is 16.8. The second kappa shape index (κ2) is 8.54. The number of nitrogens with one attached hydrogen (secondary N) is 2. The molecule has 0 aliphatic heterocycles. The Labute approximate surface area is 181 Å². The first-order valence-corrected chi connectivity index (χ1v) is 9.53. The summed E-state index contributed by atoms with van der Waals surface area (Å²) in [7, 11) is 1.51. The molecular weight excluding hydrogens is 421 g/mol. The predicted octanol–water partition coefficient (Wildman–Crippen LogP) is 5.54. The van der Waals surface area contributed by atoms with E-state index in [9.17, 15) is 18.0 Å². The number of fused-ring (bicyclic) bond motifs is 1. The van der Waals surface area contributed by atoms with E-state index in [1.807, 2.05) is 0 Å². The Kier molecular flexibility index (Phi) is 5.63. The normalized spacial score (nSPS) is 11.2. The van der Waals surface area contributed by atoms with E-state index >= 15 is 0 Å². The van der Waals surface area contributed by atoms with Gasteiger partial charge in [-0.2, -0.15) is 13.2 Å². The number of carbonyl (C=O) groups is 1. The molecule has 1 amide bonds. The highest BCUT2D eigenvalue weighted by Gasteiger charge is 2.30. The number of halogens is 3. The van der Waals surface area contributed by atoms with Crippen LogP contribution in [0.15, 0.2) is 72.9 Å². The van der Waals surface area contributed by atoms with Crippen molar-refractivity contribution in [2.45, 2.75) is 6.18 Å². The minimum Gasteiger partial charge on any atom is -0.457 e. The summed E-state index contributed by atoms with van der Waals surface area (Å²) >= 11 is 0.